The van der Waals surface area contributed by atoms with E-state index in [-0.39, 0.29) is 5.82 Å². The molecule has 132 valence electrons. The molecule has 0 spiro atoms. The van der Waals surface area contributed by atoms with E-state index in [4.69, 9.17) is 5.11 Å². The second kappa shape index (κ2) is 6.93. The lowest BCUT2D eigenvalue weighted by atomic mass is 10.0. The highest BCUT2D eigenvalue weighted by Gasteiger charge is 2.20. The summed E-state index contributed by atoms with van der Waals surface area (Å²) in [4.78, 5) is 34.8. The van der Waals surface area contributed by atoms with Crippen molar-refractivity contribution in [3.63, 3.8) is 0 Å². The monoisotopic (exact) mass is 373 g/mol. The van der Waals surface area contributed by atoms with Crippen LogP contribution in [0.4, 0.5) is 4.39 Å². The summed E-state index contributed by atoms with van der Waals surface area (Å²) < 4.78 is 12.8. The van der Waals surface area contributed by atoms with Gasteiger partial charge in [-0.25, -0.2) is 4.39 Å². The minimum absolute atomic E-state index is 0.293. The van der Waals surface area contributed by atoms with Crippen molar-refractivity contribution in [2.24, 2.45) is 0 Å². The lowest BCUT2D eigenvalue weighted by Crippen LogP contribution is -2.32. The Kier molecular flexibility index (Phi) is 4.68. The van der Waals surface area contributed by atoms with Crippen molar-refractivity contribution in [1.29, 1.82) is 0 Å². The molecule has 3 aromatic rings. The molecule has 0 aliphatic carbocycles. The Morgan fingerprint density at radius 1 is 1.08 bits per heavy atom. The largest absolute Gasteiger partial charge is 0.506 e. The van der Waals surface area contributed by atoms with Crippen molar-refractivity contribution in [1.82, 2.24) is 5.32 Å². The minimum Gasteiger partial charge on any atom is -0.506 e. The maximum absolute atomic E-state index is 13.0. The van der Waals surface area contributed by atoms with Gasteiger partial charge >= 0.3 is 5.97 Å². The number of carboxylic acids is 1. The van der Waals surface area contributed by atoms with Gasteiger partial charge in [-0.15, -0.1) is 0 Å². The van der Waals surface area contributed by atoms with Crippen molar-refractivity contribution in [3.05, 3.63) is 63.4 Å². The Bertz CT molecular complexity index is 1080. The summed E-state index contributed by atoms with van der Waals surface area (Å²) in [7, 11) is 0. The lowest BCUT2D eigenvalue weighted by Gasteiger charge is -2.08. The molecule has 0 unspecified atom stereocenters. The third kappa shape index (κ3) is 3.40. The van der Waals surface area contributed by atoms with Gasteiger partial charge in [0.2, 0.25) is 4.74 Å². The SMILES string of the molecule is O=C(O)CNC(=O)c1c(O)c2ccc(-c3ccc(F)cc3)cc2sc1=O. The first-order chi connectivity index (χ1) is 12.4. The Hall–Kier alpha value is -3.26. The van der Waals surface area contributed by atoms with Crippen molar-refractivity contribution in [3.8, 4) is 16.9 Å². The summed E-state index contributed by atoms with van der Waals surface area (Å²) in [5, 5.41) is 21.3. The molecule has 3 N–H and O–H groups in total. The van der Waals surface area contributed by atoms with Crippen molar-refractivity contribution >= 4 is 33.3 Å². The van der Waals surface area contributed by atoms with Gasteiger partial charge in [0.1, 0.15) is 23.7 Å². The summed E-state index contributed by atoms with van der Waals surface area (Å²) >= 11 is 0.759. The predicted octanol–water partition coefficient (Wildman–Crippen LogP) is 2.59. The molecule has 0 bridgehead atoms. The van der Waals surface area contributed by atoms with Gasteiger partial charge in [0.05, 0.1) is 0 Å². The van der Waals surface area contributed by atoms with Crippen molar-refractivity contribution in [2.75, 3.05) is 6.54 Å². The number of hydrogen-bond donors (Lipinski definition) is 3. The molecule has 0 aliphatic rings. The molecule has 1 aromatic heterocycles. The number of benzene rings is 2. The Morgan fingerprint density at radius 2 is 1.73 bits per heavy atom. The van der Waals surface area contributed by atoms with E-state index in [1.807, 2.05) is 0 Å². The minimum atomic E-state index is -1.27. The molecule has 0 aliphatic heterocycles. The second-order valence-corrected chi connectivity index (χ2v) is 6.42. The fraction of sp³-hybridized carbons (Fsp3) is 0.0556. The smallest absolute Gasteiger partial charge is 0.322 e. The molecule has 6 nitrogen and oxygen atoms in total. The van der Waals surface area contributed by atoms with Gasteiger partial charge in [0.15, 0.2) is 0 Å². The van der Waals surface area contributed by atoms with Gasteiger partial charge in [-0.05, 0) is 35.4 Å². The first-order valence-corrected chi connectivity index (χ1v) is 8.24. The zero-order valence-electron chi connectivity index (χ0n) is 13.2. The zero-order valence-corrected chi connectivity index (χ0v) is 14.0. The van der Waals surface area contributed by atoms with Crippen LogP contribution in [0, 0.1) is 5.82 Å². The van der Waals surface area contributed by atoms with Crippen LogP contribution in [0.1, 0.15) is 10.4 Å². The van der Waals surface area contributed by atoms with Gasteiger partial charge < -0.3 is 15.5 Å². The van der Waals surface area contributed by atoms with E-state index < -0.39 is 34.5 Å². The molecule has 2 aromatic carbocycles. The van der Waals surface area contributed by atoms with Gasteiger partial charge in [-0.2, -0.15) is 0 Å². The van der Waals surface area contributed by atoms with Crippen molar-refractivity contribution < 1.29 is 24.2 Å². The van der Waals surface area contributed by atoms with Crippen LogP contribution in [0.5, 0.6) is 5.75 Å². The van der Waals surface area contributed by atoms with Crippen LogP contribution in [0.3, 0.4) is 0 Å². The van der Waals surface area contributed by atoms with Crippen molar-refractivity contribution in [2.45, 2.75) is 0 Å². The Balaban J connectivity index is 2.06. The number of carbonyl (C=O) groups is 2. The average Bonchev–Trinajstić information content (AvgIpc) is 2.60. The van der Waals surface area contributed by atoms with Crippen LogP contribution in [0.25, 0.3) is 21.2 Å². The van der Waals surface area contributed by atoms with Gasteiger partial charge in [0, 0.05) is 10.1 Å². The van der Waals surface area contributed by atoms with E-state index >= 15 is 0 Å². The highest BCUT2D eigenvalue weighted by atomic mass is 32.1. The van der Waals surface area contributed by atoms with E-state index in [0.717, 1.165) is 22.5 Å². The molecule has 0 saturated heterocycles. The zero-order chi connectivity index (χ0) is 18.8. The van der Waals surface area contributed by atoms with Gasteiger partial charge in [-0.1, -0.05) is 29.5 Å². The number of nitrogens with one attached hydrogen (secondary N) is 1. The number of rotatable bonds is 4. The quantitative estimate of drug-likeness (QED) is 0.652. The van der Waals surface area contributed by atoms with E-state index in [9.17, 15) is 23.9 Å². The van der Waals surface area contributed by atoms with Crippen LogP contribution in [0.15, 0.2) is 47.3 Å². The summed E-state index contributed by atoms with van der Waals surface area (Å²) in [6.45, 7) is -0.663. The maximum atomic E-state index is 13.0. The topological polar surface area (TPSA) is 104 Å². The third-order valence-electron chi connectivity index (χ3n) is 3.69. The molecule has 1 amide bonds. The number of halogens is 1. The molecule has 0 saturated carbocycles. The van der Waals surface area contributed by atoms with Gasteiger partial charge in [0.25, 0.3) is 5.91 Å². The number of carboxylic acid groups (broad SMARTS) is 1. The highest BCUT2D eigenvalue weighted by molar-refractivity contribution is 7.16. The standard InChI is InChI=1S/C18H12FNO5S/c19-11-4-1-9(2-5-11)10-3-6-12-13(7-10)26-18(25)15(16(12)23)17(24)20-8-14(21)22/h1-7,23H,8H2,(H,20,24)(H,21,22). The molecular weight excluding hydrogens is 361 g/mol. The van der Waals surface area contributed by atoms with Crippen LogP contribution < -0.4 is 10.1 Å². The number of amides is 1. The van der Waals surface area contributed by atoms with Crippen LogP contribution in [-0.4, -0.2) is 28.6 Å². The molecule has 0 radical (unpaired) electrons. The fourth-order valence-electron chi connectivity index (χ4n) is 2.45. The first kappa shape index (κ1) is 17.6. The summed E-state index contributed by atoms with van der Waals surface area (Å²) in [5.74, 6) is -3.08. The number of fused-ring (bicyclic) bond motifs is 1. The predicted molar refractivity (Wildman–Crippen MR) is 95.1 cm³/mol. The molecule has 0 fully saturated rings. The Morgan fingerprint density at radius 3 is 2.38 bits per heavy atom. The summed E-state index contributed by atoms with van der Waals surface area (Å²) in [6.07, 6.45) is 0. The van der Waals surface area contributed by atoms with E-state index in [2.05, 4.69) is 5.32 Å². The molecule has 8 heteroatoms. The molecule has 26 heavy (non-hydrogen) atoms. The molecule has 1 heterocycles. The highest BCUT2D eigenvalue weighted by Crippen LogP contribution is 2.32. The van der Waals surface area contributed by atoms with E-state index in [1.165, 1.54) is 12.1 Å². The van der Waals surface area contributed by atoms with Crippen LogP contribution in [-0.2, 0) is 4.79 Å². The number of aliphatic carboxylic acids is 1. The summed E-state index contributed by atoms with van der Waals surface area (Å²) in [5.41, 5.74) is 0.963. The summed E-state index contributed by atoms with van der Waals surface area (Å²) in [6, 6.07) is 10.7. The molecular formula is C18H12FNO5S. The number of hydrogen-bond acceptors (Lipinski definition) is 5. The van der Waals surface area contributed by atoms with Crippen LogP contribution >= 0.6 is 11.3 Å². The Labute approximate surface area is 150 Å². The lowest BCUT2D eigenvalue weighted by molar-refractivity contribution is -0.135. The number of carbonyl (C=O) groups excluding carboxylic acids is 1. The maximum Gasteiger partial charge on any atom is 0.322 e. The second-order valence-electron chi connectivity index (χ2n) is 5.41. The molecule has 3 rings (SSSR count). The van der Waals surface area contributed by atoms with Crippen LogP contribution in [0.2, 0.25) is 0 Å². The average molecular weight is 373 g/mol. The molecule has 0 atom stereocenters. The fourth-order valence-corrected chi connectivity index (χ4v) is 3.40. The normalized spacial score (nSPS) is 10.7. The first-order valence-electron chi connectivity index (χ1n) is 7.42. The number of aromatic hydroxyl groups is 1. The van der Waals surface area contributed by atoms with E-state index in [0.29, 0.717) is 10.1 Å². The third-order valence-corrected chi connectivity index (χ3v) is 4.63. The van der Waals surface area contributed by atoms with E-state index in [1.54, 1.807) is 30.3 Å². The van der Waals surface area contributed by atoms with Gasteiger partial charge in [-0.3, -0.25) is 14.4 Å².